The molecule has 0 saturated carbocycles. The molecule has 0 radical (unpaired) electrons. The van der Waals surface area contributed by atoms with Crippen molar-refractivity contribution in [1.82, 2.24) is 20.2 Å². The van der Waals surface area contributed by atoms with Gasteiger partial charge in [-0.3, -0.25) is 19.6 Å². The molecule has 7 heteroatoms. The average molecular weight is 334 g/mol. The van der Waals surface area contributed by atoms with E-state index in [1.807, 2.05) is 4.90 Å². The Balaban J connectivity index is 1.91. The lowest BCUT2D eigenvalue weighted by Gasteiger charge is -2.23. The third-order valence-electron chi connectivity index (χ3n) is 4.21. The van der Waals surface area contributed by atoms with Gasteiger partial charge in [-0.25, -0.2) is 0 Å². The Bertz CT molecular complexity index is 586. The highest BCUT2D eigenvalue weighted by atomic mass is 16.3. The SMILES string of the molecule is CC(=O)N1CCC[C@@H]1c1cnc(CCC(=O)NC(C)(C)CO)cn1. The van der Waals surface area contributed by atoms with Crippen molar-refractivity contribution in [2.75, 3.05) is 13.2 Å². The number of aliphatic hydroxyl groups is 1. The second kappa shape index (κ2) is 7.70. The van der Waals surface area contributed by atoms with E-state index in [0.717, 1.165) is 30.8 Å². The van der Waals surface area contributed by atoms with Crippen LogP contribution in [0.4, 0.5) is 0 Å². The summed E-state index contributed by atoms with van der Waals surface area (Å²) >= 11 is 0. The summed E-state index contributed by atoms with van der Waals surface area (Å²) in [6.07, 6.45) is 6.05. The molecule has 2 rings (SSSR count). The van der Waals surface area contributed by atoms with E-state index in [9.17, 15) is 9.59 Å². The van der Waals surface area contributed by atoms with Gasteiger partial charge in [0.25, 0.3) is 0 Å². The molecule has 132 valence electrons. The van der Waals surface area contributed by atoms with Gasteiger partial charge in [0, 0.05) is 26.1 Å². The number of carbonyl (C=O) groups excluding carboxylic acids is 2. The zero-order valence-electron chi connectivity index (χ0n) is 14.6. The molecule has 0 bridgehead atoms. The number of hydrogen-bond acceptors (Lipinski definition) is 5. The normalized spacial score (nSPS) is 17.8. The summed E-state index contributed by atoms with van der Waals surface area (Å²) in [6, 6.07) is 0.0118. The average Bonchev–Trinajstić information content (AvgIpc) is 3.03. The van der Waals surface area contributed by atoms with Crippen LogP contribution in [-0.2, 0) is 16.0 Å². The lowest BCUT2D eigenvalue weighted by atomic mass is 10.1. The molecule has 0 spiro atoms. The fourth-order valence-electron chi connectivity index (χ4n) is 2.84. The number of hydrogen-bond donors (Lipinski definition) is 2. The van der Waals surface area contributed by atoms with E-state index >= 15 is 0 Å². The van der Waals surface area contributed by atoms with Gasteiger partial charge in [-0.05, 0) is 33.1 Å². The molecule has 1 atom stereocenters. The van der Waals surface area contributed by atoms with Crippen LogP contribution in [0.25, 0.3) is 0 Å². The van der Waals surface area contributed by atoms with E-state index in [0.29, 0.717) is 12.8 Å². The van der Waals surface area contributed by atoms with Crippen molar-refractivity contribution < 1.29 is 14.7 Å². The second-order valence-electron chi connectivity index (χ2n) is 6.89. The van der Waals surface area contributed by atoms with E-state index in [1.54, 1.807) is 33.2 Å². The third-order valence-corrected chi connectivity index (χ3v) is 4.21. The molecule has 1 aliphatic heterocycles. The number of aliphatic hydroxyl groups excluding tert-OH is 1. The quantitative estimate of drug-likeness (QED) is 0.808. The van der Waals surface area contributed by atoms with E-state index in [4.69, 9.17) is 5.11 Å². The van der Waals surface area contributed by atoms with Crippen LogP contribution in [0.5, 0.6) is 0 Å². The number of rotatable bonds is 6. The number of amides is 2. The van der Waals surface area contributed by atoms with Gasteiger partial charge in [-0.15, -0.1) is 0 Å². The van der Waals surface area contributed by atoms with Gasteiger partial charge in [-0.1, -0.05) is 0 Å². The van der Waals surface area contributed by atoms with Gasteiger partial charge < -0.3 is 15.3 Å². The van der Waals surface area contributed by atoms with Crippen molar-refractivity contribution in [1.29, 1.82) is 0 Å². The third kappa shape index (κ3) is 4.74. The molecule has 1 aromatic heterocycles. The predicted molar refractivity (Wildman–Crippen MR) is 89.0 cm³/mol. The van der Waals surface area contributed by atoms with E-state index in [-0.39, 0.29) is 24.5 Å². The minimum atomic E-state index is -0.620. The van der Waals surface area contributed by atoms with Crippen molar-refractivity contribution in [3.8, 4) is 0 Å². The highest BCUT2D eigenvalue weighted by Crippen LogP contribution is 2.30. The maximum Gasteiger partial charge on any atom is 0.220 e. The van der Waals surface area contributed by atoms with Crippen LogP contribution in [0, 0.1) is 0 Å². The summed E-state index contributed by atoms with van der Waals surface area (Å²) in [5, 5.41) is 11.9. The summed E-state index contributed by atoms with van der Waals surface area (Å²) in [5.74, 6) is -0.0648. The molecular weight excluding hydrogens is 308 g/mol. The number of aryl methyl sites for hydroxylation is 1. The van der Waals surface area contributed by atoms with Crippen LogP contribution >= 0.6 is 0 Å². The van der Waals surface area contributed by atoms with Crippen LogP contribution in [0.2, 0.25) is 0 Å². The monoisotopic (exact) mass is 334 g/mol. The number of nitrogens with one attached hydrogen (secondary N) is 1. The van der Waals surface area contributed by atoms with Crippen molar-refractivity contribution in [2.24, 2.45) is 0 Å². The maximum atomic E-state index is 11.9. The zero-order valence-corrected chi connectivity index (χ0v) is 14.6. The summed E-state index contributed by atoms with van der Waals surface area (Å²) in [5.41, 5.74) is 0.922. The first-order valence-corrected chi connectivity index (χ1v) is 8.32. The fraction of sp³-hybridized carbons (Fsp3) is 0.647. The van der Waals surface area contributed by atoms with E-state index < -0.39 is 5.54 Å². The Labute approximate surface area is 142 Å². The maximum absolute atomic E-state index is 11.9. The largest absolute Gasteiger partial charge is 0.394 e. The summed E-state index contributed by atoms with van der Waals surface area (Å²) in [4.78, 5) is 34.1. The molecule has 2 N–H and O–H groups in total. The molecule has 2 heterocycles. The Morgan fingerprint density at radius 2 is 2.12 bits per heavy atom. The van der Waals surface area contributed by atoms with Crippen molar-refractivity contribution in [2.45, 2.75) is 58.0 Å². The van der Waals surface area contributed by atoms with Crippen LogP contribution in [0.15, 0.2) is 12.4 Å². The summed E-state index contributed by atoms with van der Waals surface area (Å²) < 4.78 is 0. The van der Waals surface area contributed by atoms with Gasteiger partial charge in [0.2, 0.25) is 11.8 Å². The van der Waals surface area contributed by atoms with Gasteiger partial charge in [0.1, 0.15) is 0 Å². The molecule has 1 saturated heterocycles. The topological polar surface area (TPSA) is 95.4 Å². The molecule has 1 aliphatic rings. The molecule has 0 unspecified atom stereocenters. The molecule has 1 fully saturated rings. The molecular formula is C17H26N4O3. The second-order valence-corrected chi connectivity index (χ2v) is 6.89. The lowest BCUT2D eigenvalue weighted by Crippen LogP contribution is -2.46. The predicted octanol–water partition coefficient (Wildman–Crippen LogP) is 0.980. The lowest BCUT2D eigenvalue weighted by molar-refractivity contribution is -0.129. The minimum absolute atomic E-state index is 0.0118. The molecule has 0 aromatic carbocycles. The Morgan fingerprint density at radius 3 is 2.71 bits per heavy atom. The van der Waals surface area contributed by atoms with Crippen molar-refractivity contribution in [3.05, 3.63) is 23.8 Å². The number of likely N-dealkylation sites (tertiary alicyclic amines) is 1. The molecule has 7 nitrogen and oxygen atoms in total. The molecule has 2 amide bonds. The summed E-state index contributed by atoms with van der Waals surface area (Å²) in [6.45, 7) is 5.77. The van der Waals surface area contributed by atoms with Crippen LogP contribution in [0.3, 0.4) is 0 Å². The van der Waals surface area contributed by atoms with Crippen LogP contribution in [0.1, 0.15) is 57.5 Å². The fourth-order valence-corrected chi connectivity index (χ4v) is 2.84. The van der Waals surface area contributed by atoms with E-state index in [1.165, 1.54) is 0 Å². The zero-order chi connectivity index (χ0) is 17.7. The van der Waals surface area contributed by atoms with Crippen molar-refractivity contribution >= 4 is 11.8 Å². The Morgan fingerprint density at radius 1 is 1.38 bits per heavy atom. The molecule has 0 aliphatic carbocycles. The first-order valence-electron chi connectivity index (χ1n) is 8.32. The van der Waals surface area contributed by atoms with E-state index in [2.05, 4.69) is 15.3 Å². The molecule has 1 aromatic rings. The summed E-state index contributed by atoms with van der Waals surface area (Å²) in [7, 11) is 0. The number of aromatic nitrogens is 2. The first kappa shape index (κ1) is 18.3. The smallest absolute Gasteiger partial charge is 0.220 e. The number of carbonyl (C=O) groups is 2. The standard InChI is InChI=1S/C17H26N4O3/c1-12(23)21-8-4-5-15(21)14-10-18-13(9-19-14)6-7-16(24)20-17(2,3)11-22/h9-10,15,22H,4-8,11H2,1-3H3,(H,20,24)/t15-/m1/s1. The van der Waals surface area contributed by atoms with Gasteiger partial charge >= 0.3 is 0 Å². The Hall–Kier alpha value is -2.02. The first-order chi connectivity index (χ1) is 11.3. The van der Waals surface area contributed by atoms with Gasteiger partial charge in [0.15, 0.2) is 0 Å². The minimum Gasteiger partial charge on any atom is -0.394 e. The van der Waals surface area contributed by atoms with Gasteiger partial charge in [0.05, 0.1) is 35.8 Å². The highest BCUT2D eigenvalue weighted by Gasteiger charge is 2.29. The Kier molecular flexibility index (Phi) is 5.88. The van der Waals surface area contributed by atoms with Crippen molar-refractivity contribution in [3.63, 3.8) is 0 Å². The molecule has 24 heavy (non-hydrogen) atoms. The van der Waals surface area contributed by atoms with Gasteiger partial charge in [-0.2, -0.15) is 0 Å². The number of nitrogens with zero attached hydrogens (tertiary/aromatic N) is 3. The van der Waals surface area contributed by atoms with Crippen LogP contribution < -0.4 is 5.32 Å². The highest BCUT2D eigenvalue weighted by molar-refractivity contribution is 5.77. The van der Waals surface area contributed by atoms with Crippen LogP contribution in [-0.4, -0.2) is 50.5 Å².